The highest BCUT2D eigenvalue weighted by Crippen LogP contribution is 2.18. The molecule has 2 rings (SSSR count). The quantitative estimate of drug-likeness (QED) is 0.766. The summed E-state index contributed by atoms with van der Waals surface area (Å²) in [5, 5.41) is 1.88. The lowest BCUT2D eigenvalue weighted by Gasteiger charge is -2.15. The number of ketones is 1. The summed E-state index contributed by atoms with van der Waals surface area (Å²) >= 11 is 1.43. The zero-order valence-electron chi connectivity index (χ0n) is 11.4. The molecule has 0 bridgehead atoms. The third-order valence-electron chi connectivity index (χ3n) is 2.88. The fourth-order valence-electron chi connectivity index (χ4n) is 1.94. The predicted octanol–water partition coefficient (Wildman–Crippen LogP) is 3.21. The fraction of sp³-hybridized carbons (Fsp3) is 0.267. The van der Waals surface area contributed by atoms with Gasteiger partial charge in [0.2, 0.25) is 0 Å². The van der Waals surface area contributed by atoms with Crippen molar-refractivity contribution >= 4 is 17.1 Å². The number of hydrogen-bond acceptors (Lipinski definition) is 4. The van der Waals surface area contributed by atoms with E-state index in [9.17, 15) is 9.18 Å². The van der Waals surface area contributed by atoms with Crippen molar-refractivity contribution in [2.24, 2.45) is 0 Å². The van der Waals surface area contributed by atoms with Crippen molar-refractivity contribution < 1.29 is 13.9 Å². The van der Waals surface area contributed by atoms with Gasteiger partial charge in [0.15, 0.2) is 17.3 Å². The molecule has 0 spiro atoms. The van der Waals surface area contributed by atoms with Crippen molar-refractivity contribution in [3.63, 3.8) is 0 Å². The number of likely N-dealkylation sites (N-methyl/N-ethyl adjacent to an activating group) is 1. The van der Waals surface area contributed by atoms with Gasteiger partial charge in [0, 0.05) is 6.54 Å². The van der Waals surface area contributed by atoms with Crippen molar-refractivity contribution in [3.8, 4) is 5.75 Å². The Morgan fingerprint density at radius 2 is 2.20 bits per heavy atom. The first kappa shape index (κ1) is 14.7. The van der Waals surface area contributed by atoms with Gasteiger partial charge in [0.25, 0.3) is 0 Å². The van der Waals surface area contributed by atoms with Crippen LogP contribution < -0.4 is 4.74 Å². The van der Waals surface area contributed by atoms with E-state index < -0.39 is 0 Å². The second kappa shape index (κ2) is 6.63. The first-order valence-electron chi connectivity index (χ1n) is 6.18. The van der Waals surface area contributed by atoms with E-state index in [-0.39, 0.29) is 17.3 Å². The summed E-state index contributed by atoms with van der Waals surface area (Å²) in [6.45, 7) is 0.826. The Balaban J connectivity index is 1.96. The van der Waals surface area contributed by atoms with Crippen LogP contribution in [0.5, 0.6) is 5.75 Å². The van der Waals surface area contributed by atoms with E-state index in [0.29, 0.717) is 13.1 Å². The van der Waals surface area contributed by atoms with Crippen LogP contribution in [0.1, 0.15) is 15.2 Å². The maximum atomic E-state index is 13.6. The topological polar surface area (TPSA) is 29.5 Å². The highest BCUT2D eigenvalue weighted by molar-refractivity contribution is 7.12. The standard InChI is InChI=1S/C15H16FNO2S/c1-17(10-13(18)15-4-3-7-20-15)9-11-5-6-14(19-2)12(16)8-11/h3-8H,9-10H2,1-2H3. The molecule has 20 heavy (non-hydrogen) atoms. The van der Waals surface area contributed by atoms with E-state index in [1.807, 2.05) is 29.5 Å². The summed E-state index contributed by atoms with van der Waals surface area (Å²) in [4.78, 5) is 14.6. The summed E-state index contributed by atoms with van der Waals surface area (Å²) in [6.07, 6.45) is 0. The summed E-state index contributed by atoms with van der Waals surface area (Å²) in [7, 11) is 3.28. The normalized spacial score (nSPS) is 10.8. The molecule has 0 atom stereocenters. The van der Waals surface area contributed by atoms with Crippen molar-refractivity contribution in [2.75, 3.05) is 20.7 Å². The predicted molar refractivity (Wildman–Crippen MR) is 77.9 cm³/mol. The van der Waals surface area contributed by atoms with Crippen molar-refractivity contribution in [3.05, 3.63) is 52.0 Å². The summed E-state index contributed by atoms with van der Waals surface area (Å²) < 4.78 is 18.5. The van der Waals surface area contributed by atoms with E-state index in [2.05, 4.69) is 0 Å². The zero-order chi connectivity index (χ0) is 14.5. The Morgan fingerprint density at radius 1 is 1.40 bits per heavy atom. The molecule has 0 aliphatic carbocycles. The summed E-state index contributed by atoms with van der Waals surface area (Å²) in [5.41, 5.74) is 0.810. The number of benzene rings is 1. The van der Waals surface area contributed by atoms with Crippen LogP contribution in [0.25, 0.3) is 0 Å². The van der Waals surface area contributed by atoms with Gasteiger partial charge in [-0.05, 0) is 36.2 Å². The minimum absolute atomic E-state index is 0.0801. The molecule has 5 heteroatoms. The van der Waals surface area contributed by atoms with Gasteiger partial charge in [-0.25, -0.2) is 4.39 Å². The molecule has 1 aromatic heterocycles. The minimum atomic E-state index is -0.386. The number of methoxy groups -OCH3 is 1. The number of Topliss-reactive ketones (excluding diaryl/α,β-unsaturated/α-hetero) is 1. The molecule has 0 radical (unpaired) electrons. The lowest BCUT2D eigenvalue weighted by molar-refractivity contribution is 0.0947. The van der Waals surface area contributed by atoms with Gasteiger partial charge in [0.1, 0.15) is 0 Å². The van der Waals surface area contributed by atoms with Gasteiger partial charge in [-0.15, -0.1) is 11.3 Å². The molecule has 0 unspecified atom stereocenters. The SMILES string of the molecule is COc1ccc(CN(C)CC(=O)c2cccs2)cc1F. The Kier molecular flexibility index (Phi) is 4.87. The van der Waals surface area contributed by atoms with E-state index in [0.717, 1.165) is 10.4 Å². The Bertz CT molecular complexity index is 584. The number of hydrogen-bond donors (Lipinski definition) is 0. The fourth-order valence-corrected chi connectivity index (χ4v) is 2.59. The third-order valence-corrected chi connectivity index (χ3v) is 3.79. The van der Waals surface area contributed by atoms with E-state index in [4.69, 9.17) is 4.74 Å². The Labute approximate surface area is 121 Å². The number of halogens is 1. The molecular weight excluding hydrogens is 277 g/mol. The highest BCUT2D eigenvalue weighted by atomic mass is 32.1. The van der Waals surface area contributed by atoms with Crippen molar-refractivity contribution in [1.82, 2.24) is 4.90 Å². The summed E-state index contributed by atoms with van der Waals surface area (Å²) in [5.74, 6) is -0.0782. The van der Waals surface area contributed by atoms with E-state index in [1.54, 1.807) is 12.1 Å². The summed E-state index contributed by atoms with van der Waals surface area (Å²) in [6, 6.07) is 8.50. The molecule has 0 saturated heterocycles. The molecule has 1 heterocycles. The molecular formula is C15H16FNO2S. The molecule has 2 aromatic rings. The second-order valence-electron chi connectivity index (χ2n) is 4.54. The Morgan fingerprint density at radius 3 is 2.80 bits per heavy atom. The average molecular weight is 293 g/mol. The zero-order valence-corrected chi connectivity index (χ0v) is 12.2. The lowest BCUT2D eigenvalue weighted by atomic mass is 10.2. The second-order valence-corrected chi connectivity index (χ2v) is 5.49. The van der Waals surface area contributed by atoms with Crippen LogP contribution in [0.3, 0.4) is 0 Å². The van der Waals surface area contributed by atoms with E-state index in [1.165, 1.54) is 24.5 Å². The molecule has 0 amide bonds. The smallest absolute Gasteiger partial charge is 0.186 e. The third kappa shape index (κ3) is 3.65. The molecule has 0 saturated carbocycles. The molecule has 0 aliphatic rings. The average Bonchev–Trinajstić information content (AvgIpc) is 2.92. The van der Waals surface area contributed by atoms with Crippen LogP contribution in [0.2, 0.25) is 0 Å². The van der Waals surface area contributed by atoms with Crippen molar-refractivity contribution in [1.29, 1.82) is 0 Å². The largest absolute Gasteiger partial charge is 0.494 e. The number of ether oxygens (including phenoxy) is 1. The van der Waals surface area contributed by atoms with Crippen LogP contribution in [0.4, 0.5) is 4.39 Å². The van der Waals surface area contributed by atoms with Crippen LogP contribution in [-0.4, -0.2) is 31.4 Å². The molecule has 0 N–H and O–H groups in total. The maximum absolute atomic E-state index is 13.6. The van der Waals surface area contributed by atoms with Gasteiger partial charge < -0.3 is 4.74 Å². The van der Waals surface area contributed by atoms with Crippen LogP contribution in [0, 0.1) is 5.82 Å². The number of rotatable bonds is 6. The molecule has 1 aromatic carbocycles. The lowest BCUT2D eigenvalue weighted by Crippen LogP contribution is -2.25. The molecule has 0 fully saturated rings. The maximum Gasteiger partial charge on any atom is 0.186 e. The number of nitrogens with zero attached hydrogens (tertiary/aromatic N) is 1. The van der Waals surface area contributed by atoms with E-state index >= 15 is 0 Å². The first-order valence-corrected chi connectivity index (χ1v) is 7.06. The number of thiophene rings is 1. The van der Waals surface area contributed by atoms with Gasteiger partial charge >= 0.3 is 0 Å². The minimum Gasteiger partial charge on any atom is -0.494 e. The van der Waals surface area contributed by atoms with Crippen LogP contribution in [0.15, 0.2) is 35.7 Å². The highest BCUT2D eigenvalue weighted by Gasteiger charge is 2.11. The van der Waals surface area contributed by atoms with Crippen LogP contribution >= 0.6 is 11.3 Å². The van der Waals surface area contributed by atoms with Gasteiger partial charge in [0.05, 0.1) is 18.5 Å². The molecule has 0 aliphatic heterocycles. The molecule has 106 valence electrons. The molecule has 3 nitrogen and oxygen atoms in total. The number of carbonyl (C=O) groups excluding carboxylic acids is 1. The first-order chi connectivity index (χ1) is 9.60. The van der Waals surface area contributed by atoms with Gasteiger partial charge in [-0.1, -0.05) is 12.1 Å². The van der Waals surface area contributed by atoms with Crippen molar-refractivity contribution in [2.45, 2.75) is 6.54 Å². The van der Waals surface area contributed by atoms with Gasteiger partial charge in [-0.3, -0.25) is 9.69 Å². The Hall–Kier alpha value is -1.72. The van der Waals surface area contributed by atoms with Crippen LogP contribution in [-0.2, 0) is 6.54 Å². The number of carbonyl (C=O) groups is 1. The van der Waals surface area contributed by atoms with Gasteiger partial charge in [-0.2, -0.15) is 0 Å². The monoisotopic (exact) mass is 293 g/mol.